The molecule has 90 valence electrons. The van der Waals surface area contributed by atoms with Crippen LogP contribution in [-0.4, -0.2) is 18.0 Å². The van der Waals surface area contributed by atoms with Crippen molar-refractivity contribution >= 4 is 0 Å². The third-order valence-electron chi connectivity index (χ3n) is 3.08. The standard InChI is InChI=1S/C15H19NO/c1-2-12-17-15-9-5-4-8-14(15)13-16-10-6-3-7-11-16/h4-5,8-9H,3,6-7,10-11,13H2,1H3. The lowest BCUT2D eigenvalue weighted by atomic mass is 10.1. The van der Waals surface area contributed by atoms with Gasteiger partial charge >= 0.3 is 0 Å². The fraction of sp³-hybridized carbons (Fsp3) is 0.467. The molecule has 2 rings (SSSR count). The summed E-state index contributed by atoms with van der Waals surface area (Å²) in [5.74, 6) is 3.66. The lowest BCUT2D eigenvalue weighted by molar-refractivity contribution is 0.219. The number of para-hydroxylation sites is 1. The van der Waals surface area contributed by atoms with Crippen LogP contribution in [-0.2, 0) is 6.54 Å². The molecule has 1 heterocycles. The zero-order valence-electron chi connectivity index (χ0n) is 10.4. The van der Waals surface area contributed by atoms with Gasteiger partial charge in [-0.15, -0.1) is 0 Å². The molecule has 0 unspecified atom stereocenters. The Kier molecular flexibility index (Phi) is 4.46. The normalized spacial score (nSPS) is 16.1. The molecule has 1 aromatic rings. The molecule has 0 aromatic heterocycles. The zero-order chi connectivity index (χ0) is 11.9. The molecule has 0 radical (unpaired) electrons. The first-order valence-electron chi connectivity index (χ1n) is 6.29. The average molecular weight is 229 g/mol. The first-order valence-corrected chi connectivity index (χ1v) is 6.29. The third kappa shape index (κ3) is 3.51. The predicted octanol–water partition coefficient (Wildman–Crippen LogP) is 3.03. The van der Waals surface area contributed by atoms with E-state index < -0.39 is 0 Å². The van der Waals surface area contributed by atoms with Gasteiger partial charge in [-0.1, -0.05) is 30.5 Å². The summed E-state index contributed by atoms with van der Waals surface area (Å²) in [5, 5.41) is 0. The van der Waals surface area contributed by atoms with Crippen LogP contribution in [0.3, 0.4) is 0 Å². The van der Waals surface area contributed by atoms with E-state index in [-0.39, 0.29) is 0 Å². The summed E-state index contributed by atoms with van der Waals surface area (Å²) in [7, 11) is 0. The molecule has 0 saturated carbocycles. The Morgan fingerprint density at radius 2 is 1.94 bits per heavy atom. The molecule has 0 spiro atoms. The Balaban J connectivity index is 2.04. The number of ether oxygens (including phenoxy) is 1. The largest absolute Gasteiger partial charge is 0.407 e. The Morgan fingerprint density at radius 1 is 1.18 bits per heavy atom. The van der Waals surface area contributed by atoms with Gasteiger partial charge in [-0.25, -0.2) is 0 Å². The first-order chi connectivity index (χ1) is 8.40. The number of hydrogen-bond donors (Lipinski definition) is 0. The molecular formula is C15H19NO. The second-order valence-corrected chi connectivity index (χ2v) is 4.40. The lowest BCUT2D eigenvalue weighted by Gasteiger charge is -2.26. The molecule has 0 aliphatic carbocycles. The van der Waals surface area contributed by atoms with Gasteiger partial charge in [0.15, 0.2) is 0 Å². The molecule has 0 amide bonds. The van der Waals surface area contributed by atoms with E-state index in [0.29, 0.717) is 0 Å². The van der Waals surface area contributed by atoms with Crippen molar-refractivity contribution in [3.63, 3.8) is 0 Å². The summed E-state index contributed by atoms with van der Waals surface area (Å²) in [6.45, 7) is 5.16. The quantitative estimate of drug-likeness (QED) is 0.739. The molecule has 2 heteroatoms. The highest BCUT2D eigenvalue weighted by atomic mass is 16.5. The fourth-order valence-electron chi connectivity index (χ4n) is 2.20. The molecule has 1 aromatic carbocycles. The van der Waals surface area contributed by atoms with E-state index in [9.17, 15) is 0 Å². The number of piperidine rings is 1. The van der Waals surface area contributed by atoms with E-state index in [0.717, 1.165) is 12.3 Å². The number of benzene rings is 1. The number of hydrogen-bond acceptors (Lipinski definition) is 2. The van der Waals surface area contributed by atoms with E-state index in [1.165, 1.54) is 37.9 Å². The Labute approximate surface area is 104 Å². The SMILES string of the molecule is CC#COc1ccccc1CN1CCCCC1. The van der Waals surface area contributed by atoms with Crippen molar-refractivity contribution in [1.29, 1.82) is 0 Å². The highest BCUT2D eigenvalue weighted by molar-refractivity contribution is 5.34. The van der Waals surface area contributed by atoms with Crippen LogP contribution in [0.1, 0.15) is 31.7 Å². The van der Waals surface area contributed by atoms with Crippen molar-refractivity contribution in [3.8, 4) is 17.8 Å². The van der Waals surface area contributed by atoms with E-state index in [1.807, 2.05) is 12.1 Å². The molecule has 1 aliphatic rings. The van der Waals surface area contributed by atoms with Crippen LogP contribution >= 0.6 is 0 Å². The van der Waals surface area contributed by atoms with Gasteiger partial charge in [-0.3, -0.25) is 4.90 Å². The predicted molar refractivity (Wildman–Crippen MR) is 69.6 cm³/mol. The van der Waals surface area contributed by atoms with Gasteiger partial charge in [0.05, 0.1) is 0 Å². The molecule has 1 fully saturated rings. The second kappa shape index (κ2) is 6.32. The highest BCUT2D eigenvalue weighted by Crippen LogP contribution is 2.21. The lowest BCUT2D eigenvalue weighted by Crippen LogP contribution is -2.29. The maximum absolute atomic E-state index is 5.44. The minimum absolute atomic E-state index is 0.896. The summed E-state index contributed by atoms with van der Waals surface area (Å²) in [4.78, 5) is 2.49. The van der Waals surface area contributed by atoms with Crippen molar-refractivity contribution in [2.24, 2.45) is 0 Å². The van der Waals surface area contributed by atoms with Crippen LogP contribution in [0.15, 0.2) is 24.3 Å². The van der Waals surface area contributed by atoms with Crippen LogP contribution < -0.4 is 4.74 Å². The molecule has 2 nitrogen and oxygen atoms in total. The molecule has 0 atom stereocenters. The van der Waals surface area contributed by atoms with Crippen molar-refractivity contribution < 1.29 is 4.74 Å². The summed E-state index contributed by atoms with van der Waals surface area (Å²) in [6.07, 6.45) is 6.68. The minimum atomic E-state index is 0.896. The van der Waals surface area contributed by atoms with Crippen molar-refractivity contribution in [3.05, 3.63) is 29.8 Å². The van der Waals surface area contributed by atoms with Gasteiger partial charge in [-0.05, 0) is 32.0 Å². The Morgan fingerprint density at radius 3 is 2.71 bits per heavy atom. The monoisotopic (exact) mass is 229 g/mol. The Hall–Kier alpha value is -1.46. The smallest absolute Gasteiger partial charge is 0.144 e. The molecule has 1 aliphatic heterocycles. The van der Waals surface area contributed by atoms with Gasteiger partial charge in [0, 0.05) is 19.0 Å². The summed E-state index contributed by atoms with van der Waals surface area (Å²) < 4.78 is 5.44. The van der Waals surface area contributed by atoms with Crippen molar-refractivity contribution in [2.45, 2.75) is 32.7 Å². The molecule has 0 bridgehead atoms. The summed E-state index contributed by atoms with van der Waals surface area (Å²) in [5.41, 5.74) is 1.23. The summed E-state index contributed by atoms with van der Waals surface area (Å²) in [6, 6.07) is 8.17. The van der Waals surface area contributed by atoms with Crippen LogP contribution in [0.25, 0.3) is 0 Å². The van der Waals surface area contributed by atoms with E-state index in [4.69, 9.17) is 4.74 Å². The highest BCUT2D eigenvalue weighted by Gasteiger charge is 2.12. The van der Waals surface area contributed by atoms with Crippen molar-refractivity contribution in [1.82, 2.24) is 4.90 Å². The van der Waals surface area contributed by atoms with E-state index >= 15 is 0 Å². The van der Waals surface area contributed by atoms with Gasteiger partial charge in [0.1, 0.15) is 11.9 Å². The van der Waals surface area contributed by atoms with Crippen LogP contribution in [0.4, 0.5) is 0 Å². The molecule has 17 heavy (non-hydrogen) atoms. The van der Waals surface area contributed by atoms with Gasteiger partial charge in [0.25, 0.3) is 0 Å². The first kappa shape index (κ1) is 12.0. The van der Waals surface area contributed by atoms with E-state index in [1.54, 1.807) is 6.92 Å². The minimum Gasteiger partial charge on any atom is -0.407 e. The second-order valence-electron chi connectivity index (χ2n) is 4.40. The van der Waals surface area contributed by atoms with Gasteiger partial charge in [0.2, 0.25) is 0 Å². The van der Waals surface area contributed by atoms with Crippen molar-refractivity contribution in [2.75, 3.05) is 13.1 Å². The maximum Gasteiger partial charge on any atom is 0.144 e. The summed E-state index contributed by atoms with van der Waals surface area (Å²) >= 11 is 0. The van der Waals surface area contributed by atoms with Crippen LogP contribution in [0.5, 0.6) is 5.75 Å². The van der Waals surface area contributed by atoms with Gasteiger partial charge in [-0.2, -0.15) is 0 Å². The van der Waals surface area contributed by atoms with Crippen LogP contribution in [0.2, 0.25) is 0 Å². The van der Waals surface area contributed by atoms with Crippen LogP contribution in [0, 0.1) is 12.0 Å². The fourth-order valence-corrected chi connectivity index (χ4v) is 2.20. The van der Waals surface area contributed by atoms with E-state index in [2.05, 4.69) is 29.1 Å². The maximum atomic E-state index is 5.44. The molecule has 0 N–H and O–H groups in total. The van der Waals surface area contributed by atoms with Gasteiger partial charge < -0.3 is 4.74 Å². The molecular weight excluding hydrogens is 210 g/mol. The Bertz CT molecular complexity index is 410. The number of likely N-dealkylation sites (tertiary alicyclic amines) is 1. The number of rotatable bonds is 3. The topological polar surface area (TPSA) is 12.5 Å². The average Bonchev–Trinajstić information content (AvgIpc) is 2.39. The number of nitrogens with zero attached hydrogens (tertiary/aromatic N) is 1. The molecule has 1 saturated heterocycles. The zero-order valence-corrected chi connectivity index (χ0v) is 10.4. The third-order valence-corrected chi connectivity index (χ3v) is 3.08.